The summed E-state index contributed by atoms with van der Waals surface area (Å²) in [5.74, 6) is -0.334. The molecule has 38 heavy (non-hydrogen) atoms. The van der Waals surface area contributed by atoms with Crippen LogP contribution in [0.5, 0.6) is 11.5 Å². The molecule has 0 spiro atoms. The summed E-state index contributed by atoms with van der Waals surface area (Å²) in [5, 5.41) is 15.0. The van der Waals surface area contributed by atoms with Crippen molar-refractivity contribution in [3.63, 3.8) is 0 Å². The molecule has 192 valence electrons. The first-order valence-electron chi connectivity index (χ1n) is 11.3. The highest BCUT2D eigenvalue weighted by atomic mass is 79.9. The number of carbonyl (C=O) groups is 1. The highest BCUT2D eigenvalue weighted by molar-refractivity contribution is 9.10. The molecule has 5 rings (SSSR count). The van der Waals surface area contributed by atoms with E-state index >= 15 is 0 Å². The molecule has 2 aromatic heterocycles. The lowest BCUT2D eigenvalue weighted by Crippen LogP contribution is -2.23. The number of halogens is 2. The topological polar surface area (TPSA) is 116 Å². The van der Waals surface area contributed by atoms with Gasteiger partial charge in [0.1, 0.15) is 10.6 Å². The minimum Gasteiger partial charge on any atom is -0.493 e. The second kappa shape index (κ2) is 10.3. The number of methoxy groups -OCH3 is 1. The van der Waals surface area contributed by atoms with E-state index in [9.17, 15) is 14.7 Å². The van der Waals surface area contributed by atoms with Gasteiger partial charge < -0.3 is 19.0 Å². The average molecular weight is 597 g/mol. The molecule has 0 unspecified atom stereocenters. The van der Waals surface area contributed by atoms with Crippen molar-refractivity contribution < 1.29 is 23.8 Å². The Labute approximate surface area is 229 Å². The molecule has 0 aliphatic carbocycles. The summed E-state index contributed by atoms with van der Waals surface area (Å²) in [5.41, 5.74) is 1.19. The molecule has 0 aliphatic heterocycles. The van der Waals surface area contributed by atoms with E-state index in [-0.39, 0.29) is 22.3 Å². The Morgan fingerprint density at radius 3 is 2.68 bits per heavy atom. The number of aliphatic carboxylic acids is 1. The fourth-order valence-corrected chi connectivity index (χ4v) is 4.43. The van der Waals surface area contributed by atoms with E-state index < -0.39 is 17.6 Å². The smallest absolute Gasteiger partial charge is 0.344 e. The van der Waals surface area contributed by atoms with Crippen LogP contribution in [0, 0.1) is 0 Å². The maximum atomic E-state index is 13.5. The number of carboxylic acid groups (broad SMARTS) is 1. The number of furan rings is 1. The summed E-state index contributed by atoms with van der Waals surface area (Å²) in [7, 11) is 1.40. The third kappa shape index (κ3) is 4.64. The van der Waals surface area contributed by atoms with Gasteiger partial charge in [-0.1, -0.05) is 41.9 Å². The van der Waals surface area contributed by atoms with Crippen molar-refractivity contribution in [1.29, 1.82) is 0 Å². The van der Waals surface area contributed by atoms with Crippen LogP contribution in [0.2, 0.25) is 5.02 Å². The molecule has 0 aliphatic rings. The van der Waals surface area contributed by atoms with Crippen molar-refractivity contribution in [3.8, 4) is 23.1 Å². The zero-order valence-electron chi connectivity index (χ0n) is 20.0. The lowest BCUT2D eigenvalue weighted by atomic mass is 10.2. The fraction of sp³-hybridized carbons (Fsp3) is 0.111. The maximum absolute atomic E-state index is 13.5. The van der Waals surface area contributed by atoms with Gasteiger partial charge in [-0.15, -0.1) is 0 Å². The van der Waals surface area contributed by atoms with Crippen molar-refractivity contribution in [3.05, 3.63) is 86.1 Å². The summed E-state index contributed by atoms with van der Waals surface area (Å²) in [6.45, 7) is 1.38. The van der Waals surface area contributed by atoms with E-state index in [4.69, 9.17) is 25.5 Å². The third-order valence-electron chi connectivity index (χ3n) is 5.73. The molecule has 2 heterocycles. The molecule has 0 bridgehead atoms. The molecule has 9 nitrogen and oxygen atoms in total. The van der Waals surface area contributed by atoms with Crippen molar-refractivity contribution in [2.24, 2.45) is 5.10 Å². The molecule has 3 aromatic carbocycles. The van der Waals surface area contributed by atoms with Crippen LogP contribution >= 0.6 is 27.5 Å². The van der Waals surface area contributed by atoms with Gasteiger partial charge in [0.15, 0.2) is 23.4 Å². The summed E-state index contributed by atoms with van der Waals surface area (Å²) in [6, 6.07) is 17.8. The van der Waals surface area contributed by atoms with Crippen LogP contribution in [0.4, 0.5) is 0 Å². The van der Waals surface area contributed by atoms with Crippen LogP contribution in [-0.2, 0) is 4.79 Å². The second-order valence-corrected chi connectivity index (χ2v) is 9.36. The zero-order chi connectivity index (χ0) is 27.0. The van der Waals surface area contributed by atoms with E-state index in [1.807, 2.05) is 24.3 Å². The number of carboxylic acids is 1. The first-order valence-corrected chi connectivity index (χ1v) is 12.5. The van der Waals surface area contributed by atoms with Gasteiger partial charge in [-0.3, -0.25) is 4.79 Å². The Hall–Kier alpha value is -4.15. The normalized spacial score (nSPS) is 12.3. The molecule has 0 fully saturated rings. The van der Waals surface area contributed by atoms with Gasteiger partial charge in [0.2, 0.25) is 5.82 Å². The van der Waals surface area contributed by atoms with Crippen LogP contribution in [0.3, 0.4) is 0 Å². The maximum Gasteiger partial charge on any atom is 0.344 e. The zero-order valence-corrected chi connectivity index (χ0v) is 22.4. The lowest BCUT2D eigenvalue weighted by Gasteiger charge is -2.17. The number of hydrogen-bond acceptors (Lipinski definition) is 7. The molecule has 1 N–H and O–H groups in total. The Morgan fingerprint density at radius 1 is 1.21 bits per heavy atom. The third-order valence-corrected chi connectivity index (χ3v) is 7.17. The standard InChI is InChI=1S/C27H19BrClN3O6/c1-14(27(34)35)37-24-20(36-2)12-16(22(28)23(24)29)13-30-32-25(21-11-15-7-3-6-10-19(15)38-21)31-18-9-5-4-8-17(18)26(32)33/h3-14H,1-2H3,(H,34,35)/t14-/m0/s1. The first kappa shape index (κ1) is 25.5. The number of para-hydroxylation sites is 2. The van der Waals surface area contributed by atoms with Crippen LogP contribution in [0.1, 0.15) is 12.5 Å². The number of aromatic nitrogens is 2. The quantitative estimate of drug-likeness (QED) is 0.230. The van der Waals surface area contributed by atoms with Crippen LogP contribution in [0.15, 0.2) is 79.4 Å². The predicted octanol–water partition coefficient (Wildman–Crippen LogP) is 5.97. The van der Waals surface area contributed by atoms with Gasteiger partial charge in [-0.2, -0.15) is 9.78 Å². The Bertz CT molecular complexity index is 1760. The first-order chi connectivity index (χ1) is 18.3. The molecule has 0 radical (unpaired) electrons. The number of nitrogens with zero attached hydrogens (tertiary/aromatic N) is 3. The Morgan fingerprint density at radius 2 is 1.95 bits per heavy atom. The summed E-state index contributed by atoms with van der Waals surface area (Å²) < 4.78 is 18.4. The van der Waals surface area contributed by atoms with Crippen molar-refractivity contribution in [2.45, 2.75) is 13.0 Å². The van der Waals surface area contributed by atoms with E-state index in [2.05, 4.69) is 26.0 Å². The van der Waals surface area contributed by atoms with Gasteiger partial charge in [-0.05, 0) is 53.2 Å². The Balaban J connectivity index is 1.66. The lowest BCUT2D eigenvalue weighted by molar-refractivity contribution is -0.144. The number of ether oxygens (including phenoxy) is 2. The SMILES string of the molecule is COc1cc(C=Nn2c(-c3cc4ccccc4o3)nc3ccccc3c2=O)c(Br)c(Cl)c1O[C@@H](C)C(=O)O. The van der Waals surface area contributed by atoms with Crippen molar-refractivity contribution in [1.82, 2.24) is 9.66 Å². The van der Waals surface area contributed by atoms with Crippen LogP contribution in [-0.4, -0.2) is 40.2 Å². The molecule has 0 saturated carbocycles. The molecule has 11 heteroatoms. The monoisotopic (exact) mass is 595 g/mol. The van der Waals surface area contributed by atoms with E-state index in [1.165, 1.54) is 20.2 Å². The molecular formula is C27H19BrClN3O6. The van der Waals surface area contributed by atoms with Gasteiger partial charge in [-0.25, -0.2) is 9.78 Å². The van der Waals surface area contributed by atoms with Crippen LogP contribution < -0.4 is 15.0 Å². The molecular weight excluding hydrogens is 578 g/mol. The number of hydrogen-bond donors (Lipinski definition) is 1. The minimum absolute atomic E-state index is 0.0561. The number of fused-ring (bicyclic) bond motifs is 2. The highest BCUT2D eigenvalue weighted by Crippen LogP contribution is 2.42. The summed E-state index contributed by atoms with van der Waals surface area (Å²) >= 11 is 9.90. The largest absolute Gasteiger partial charge is 0.493 e. The van der Waals surface area contributed by atoms with Gasteiger partial charge in [0, 0.05) is 15.4 Å². The minimum atomic E-state index is -1.17. The van der Waals surface area contributed by atoms with Gasteiger partial charge in [0.05, 0.1) is 24.2 Å². The predicted molar refractivity (Wildman–Crippen MR) is 148 cm³/mol. The van der Waals surface area contributed by atoms with E-state index in [0.29, 0.717) is 32.3 Å². The molecule has 0 saturated heterocycles. The van der Waals surface area contributed by atoms with Crippen molar-refractivity contribution in [2.75, 3.05) is 7.11 Å². The number of benzene rings is 3. The fourth-order valence-electron chi connectivity index (χ4n) is 3.79. The average Bonchev–Trinajstić information content (AvgIpc) is 3.35. The number of rotatable bonds is 7. The highest BCUT2D eigenvalue weighted by Gasteiger charge is 2.22. The molecule has 1 atom stereocenters. The Kier molecular flexibility index (Phi) is 6.92. The molecule has 5 aromatic rings. The molecule has 0 amide bonds. The van der Waals surface area contributed by atoms with Crippen molar-refractivity contribution >= 4 is 61.6 Å². The van der Waals surface area contributed by atoms with Gasteiger partial charge >= 0.3 is 5.97 Å². The second-order valence-electron chi connectivity index (χ2n) is 8.19. The summed E-state index contributed by atoms with van der Waals surface area (Å²) in [4.78, 5) is 29.4. The summed E-state index contributed by atoms with van der Waals surface area (Å²) in [6.07, 6.45) is 0.244. The van der Waals surface area contributed by atoms with Gasteiger partial charge in [0.25, 0.3) is 5.56 Å². The van der Waals surface area contributed by atoms with Crippen LogP contribution in [0.25, 0.3) is 33.5 Å². The van der Waals surface area contributed by atoms with E-state index in [0.717, 1.165) is 10.1 Å². The van der Waals surface area contributed by atoms with E-state index in [1.54, 1.807) is 36.4 Å².